The van der Waals surface area contributed by atoms with E-state index in [-0.39, 0.29) is 11.8 Å². The number of nitrogens with one attached hydrogen (secondary N) is 1. The fourth-order valence-corrected chi connectivity index (χ4v) is 2.81. The van der Waals surface area contributed by atoms with E-state index in [0.29, 0.717) is 37.4 Å². The maximum atomic E-state index is 12.5. The van der Waals surface area contributed by atoms with Gasteiger partial charge in [0.05, 0.1) is 23.5 Å². The van der Waals surface area contributed by atoms with Crippen molar-refractivity contribution >= 4 is 23.2 Å². The summed E-state index contributed by atoms with van der Waals surface area (Å²) >= 11 is 0. The second-order valence-electron chi connectivity index (χ2n) is 6.05. The molecular formula is C19H19N5O2. The van der Waals surface area contributed by atoms with Gasteiger partial charge in [0.2, 0.25) is 5.91 Å². The minimum atomic E-state index is -0.133. The highest BCUT2D eigenvalue weighted by Crippen LogP contribution is 2.17. The predicted molar refractivity (Wildman–Crippen MR) is 96.8 cm³/mol. The number of nitrogens with zero attached hydrogens (tertiary/aromatic N) is 4. The smallest absolute Gasteiger partial charge is 0.272 e. The van der Waals surface area contributed by atoms with E-state index >= 15 is 0 Å². The van der Waals surface area contributed by atoms with Gasteiger partial charge in [-0.25, -0.2) is 4.98 Å². The van der Waals surface area contributed by atoms with E-state index < -0.39 is 0 Å². The van der Waals surface area contributed by atoms with Gasteiger partial charge in [0.15, 0.2) is 0 Å². The average Bonchev–Trinajstić information content (AvgIpc) is 2.68. The van der Waals surface area contributed by atoms with Crippen LogP contribution in [0.5, 0.6) is 0 Å². The maximum absolute atomic E-state index is 12.5. The van der Waals surface area contributed by atoms with Crippen molar-refractivity contribution in [1.29, 1.82) is 5.26 Å². The number of amides is 2. The summed E-state index contributed by atoms with van der Waals surface area (Å²) < 4.78 is 0. The first kappa shape index (κ1) is 17.4. The van der Waals surface area contributed by atoms with Gasteiger partial charge in [-0.3, -0.25) is 9.59 Å². The van der Waals surface area contributed by atoms with Crippen molar-refractivity contribution in [2.45, 2.75) is 6.92 Å². The summed E-state index contributed by atoms with van der Waals surface area (Å²) in [6.07, 6.45) is 1.60. The summed E-state index contributed by atoms with van der Waals surface area (Å²) in [6.45, 7) is 3.67. The Labute approximate surface area is 151 Å². The molecule has 3 rings (SSSR count). The van der Waals surface area contributed by atoms with E-state index in [1.54, 1.807) is 46.3 Å². The predicted octanol–water partition coefficient (Wildman–Crippen LogP) is 2.00. The summed E-state index contributed by atoms with van der Waals surface area (Å²) in [5.74, 6) is -0.0997. The monoisotopic (exact) mass is 349 g/mol. The third kappa shape index (κ3) is 3.98. The van der Waals surface area contributed by atoms with Gasteiger partial charge in [0.25, 0.3) is 5.91 Å². The van der Waals surface area contributed by atoms with Crippen LogP contribution < -0.4 is 5.32 Å². The van der Waals surface area contributed by atoms with Gasteiger partial charge in [-0.1, -0.05) is 6.07 Å². The Balaban J connectivity index is 1.63. The summed E-state index contributed by atoms with van der Waals surface area (Å²) in [5.41, 5.74) is 2.46. The number of nitriles is 1. The van der Waals surface area contributed by atoms with E-state index in [9.17, 15) is 9.59 Å². The maximum Gasteiger partial charge on any atom is 0.272 e. The summed E-state index contributed by atoms with van der Waals surface area (Å²) in [5, 5.41) is 12.1. The largest absolute Gasteiger partial charge is 0.354 e. The lowest BCUT2D eigenvalue weighted by Gasteiger charge is -2.34. The topological polar surface area (TPSA) is 89.3 Å². The van der Waals surface area contributed by atoms with Crippen molar-refractivity contribution in [3.8, 4) is 6.07 Å². The molecule has 132 valence electrons. The first-order chi connectivity index (χ1) is 12.6. The van der Waals surface area contributed by atoms with Crippen LogP contribution in [0.3, 0.4) is 0 Å². The zero-order chi connectivity index (χ0) is 18.5. The lowest BCUT2D eigenvalue weighted by atomic mass is 10.2. The normalized spacial score (nSPS) is 13.8. The van der Waals surface area contributed by atoms with Crippen LogP contribution in [0, 0.1) is 11.3 Å². The lowest BCUT2D eigenvalue weighted by molar-refractivity contribution is -0.130. The summed E-state index contributed by atoms with van der Waals surface area (Å²) in [6, 6.07) is 12.7. The van der Waals surface area contributed by atoms with Crippen molar-refractivity contribution in [1.82, 2.24) is 14.8 Å². The van der Waals surface area contributed by atoms with E-state index in [0.717, 1.165) is 11.4 Å². The van der Waals surface area contributed by atoms with Gasteiger partial charge in [-0.15, -0.1) is 0 Å². The Bertz CT molecular complexity index is 849. The van der Waals surface area contributed by atoms with Crippen LogP contribution >= 0.6 is 0 Å². The SMILES string of the molecule is CC(=O)N1CCN(C(=O)c2ccc(Nc3cccc(C#N)c3)cn2)CC1. The number of anilines is 2. The van der Waals surface area contributed by atoms with E-state index in [2.05, 4.69) is 16.4 Å². The van der Waals surface area contributed by atoms with Gasteiger partial charge < -0.3 is 15.1 Å². The quantitative estimate of drug-likeness (QED) is 0.915. The van der Waals surface area contributed by atoms with E-state index in [1.807, 2.05) is 6.07 Å². The molecule has 7 heteroatoms. The zero-order valence-corrected chi connectivity index (χ0v) is 14.5. The number of benzene rings is 1. The molecule has 0 unspecified atom stereocenters. The molecule has 1 aromatic heterocycles. The van der Waals surface area contributed by atoms with Crippen LogP contribution in [0.1, 0.15) is 23.0 Å². The molecule has 0 atom stereocenters. The molecule has 1 N–H and O–H groups in total. The molecule has 1 aliphatic rings. The van der Waals surface area contributed by atoms with Crippen LogP contribution in [-0.4, -0.2) is 52.8 Å². The third-order valence-corrected chi connectivity index (χ3v) is 4.28. The summed E-state index contributed by atoms with van der Waals surface area (Å²) in [7, 11) is 0. The van der Waals surface area contributed by atoms with Crippen molar-refractivity contribution in [3.05, 3.63) is 53.9 Å². The average molecular weight is 349 g/mol. The zero-order valence-electron chi connectivity index (χ0n) is 14.5. The minimum absolute atomic E-state index is 0.0334. The number of piperazine rings is 1. The van der Waals surface area contributed by atoms with Gasteiger partial charge in [0, 0.05) is 38.8 Å². The van der Waals surface area contributed by atoms with Gasteiger partial charge in [0.1, 0.15) is 5.69 Å². The molecule has 26 heavy (non-hydrogen) atoms. The van der Waals surface area contributed by atoms with Crippen molar-refractivity contribution in [3.63, 3.8) is 0 Å². The second kappa shape index (κ2) is 7.66. The Hall–Kier alpha value is -3.40. The first-order valence-corrected chi connectivity index (χ1v) is 8.35. The van der Waals surface area contributed by atoms with Crippen LogP contribution in [0.4, 0.5) is 11.4 Å². The molecule has 1 aliphatic heterocycles. The highest BCUT2D eigenvalue weighted by molar-refractivity contribution is 5.92. The lowest BCUT2D eigenvalue weighted by Crippen LogP contribution is -2.50. The van der Waals surface area contributed by atoms with E-state index in [1.165, 1.54) is 6.92 Å². The number of carbonyl (C=O) groups is 2. The number of hydrogen-bond acceptors (Lipinski definition) is 5. The number of pyridine rings is 1. The first-order valence-electron chi connectivity index (χ1n) is 8.35. The number of carbonyl (C=O) groups excluding carboxylic acids is 2. The molecule has 2 aromatic rings. The Morgan fingerprint density at radius 2 is 1.81 bits per heavy atom. The Morgan fingerprint density at radius 3 is 2.42 bits per heavy atom. The van der Waals surface area contributed by atoms with Gasteiger partial charge in [-0.05, 0) is 30.3 Å². The van der Waals surface area contributed by atoms with Crippen LogP contribution in [-0.2, 0) is 4.79 Å². The van der Waals surface area contributed by atoms with Gasteiger partial charge in [-0.2, -0.15) is 5.26 Å². The summed E-state index contributed by atoms with van der Waals surface area (Å²) in [4.78, 5) is 31.6. The fraction of sp³-hybridized carbons (Fsp3) is 0.263. The van der Waals surface area contributed by atoms with E-state index in [4.69, 9.17) is 5.26 Å². The number of aromatic nitrogens is 1. The number of rotatable bonds is 3. The van der Waals surface area contributed by atoms with Crippen molar-refractivity contribution in [2.75, 3.05) is 31.5 Å². The molecule has 0 bridgehead atoms. The number of hydrogen-bond donors (Lipinski definition) is 1. The minimum Gasteiger partial charge on any atom is -0.354 e. The van der Waals surface area contributed by atoms with Crippen molar-refractivity contribution < 1.29 is 9.59 Å². The Morgan fingerprint density at radius 1 is 1.08 bits per heavy atom. The molecule has 2 heterocycles. The highest BCUT2D eigenvalue weighted by Gasteiger charge is 2.23. The third-order valence-electron chi connectivity index (χ3n) is 4.28. The van der Waals surface area contributed by atoms with Crippen LogP contribution in [0.2, 0.25) is 0 Å². The molecule has 0 saturated carbocycles. The van der Waals surface area contributed by atoms with Crippen LogP contribution in [0.25, 0.3) is 0 Å². The molecule has 1 saturated heterocycles. The fourth-order valence-electron chi connectivity index (χ4n) is 2.81. The highest BCUT2D eigenvalue weighted by atomic mass is 16.2. The van der Waals surface area contributed by atoms with Crippen molar-refractivity contribution in [2.24, 2.45) is 0 Å². The molecule has 0 radical (unpaired) electrons. The molecule has 1 fully saturated rings. The molecule has 0 aliphatic carbocycles. The second-order valence-corrected chi connectivity index (χ2v) is 6.05. The molecule has 1 aromatic carbocycles. The Kier molecular flexibility index (Phi) is 5.13. The molecule has 2 amide bonds. The molecule has 0 spiro atoms. The molecule has 7 nitrogen and oxygen atoms in total. The van der Waals surface area contributed by atoms with Crippen LogP contribution in [0.15, 0.2) is 42.6 Å². The van der Waals surface area contributed by atoms with Gasteiger partial charge >= 0.3 is 0 Å². The molecular weight excluding hydrogens is 330 g/mol. The standard InChI is InChI=1S/C19H19N5O2/c1-14(25)23-7-9-24(10-8-23)19(26)18-6-5-17(13-21-18)22-16-4-2-3-15(11-16)12-20/h2-6,11,13,22H,7-10H2,1H3.